The van der Waals surface area contributed by atoms with Gasteiger partial charge in [0, 0.05) is 51.0 Å². The third-order valence-electron chi connectivity index (χ3n) is 4.11. The van der Waals surface area contributed by atoms with Gasteiger partial charge in [0.1, 0.15) is 5.75 Å². The number of ether oxygens (including phenoxy) is 1. The van der Waals surface area contributed by atoms with E-state index in [1.165, 1.54) is 5.69 Å². The van der Waals surface area contributed by atoms with Gasteiger partial charge in [0.15, 0.2) is 0 Å². The highest BCUT2D eigenvalue weighted by Gasteiger charge is 2.29. The van der Waals surface area contributed by atoms with Gasteiger partial charge in [0.05, 0.1) is 7.11 Å². The highest BCUT2D eigenvalue weighted by Crippen LogP contribution is 2.22. The van der Waals surface area contributed by atoms with Gasteiger partial charge in [-0.25, -0.2) is 0 Å². The van der Waals surface area contributed by atoms with Gasteiger partial charge in [-0.05, 0) is 38.1 Å². The fraction of sp³-hybridized carbons (Fsp3) is 0.625. The van der Waals surface area contributed by atoms with Crippen LogP contribution in [0.3, 0.4) is 0 Å². The number of anilines is 1. The predicted molar refractivity (Wildman–Crippen MR) is 84.8 cm³/mol. The number of methoxy groups -OCH3 is 1. The third-order valence-corrected chi connectivity index (χ3v) is 4.11. The number of rotatable bonds is 5. The summed E-state index contributed by atoms with van der Waals surface area (Å²) in [7, 11) is 3.86. The molecule has 20 heavy (non-hydrogen) atoms. The minimum atomic E-state index is 0.177. The first-order valence-electron chi connectivity index (χ1n) is 7.34. The highest BCUT2D eigenvalue weighted by atomic mass is 16.5. The summed E-state index contributed by atoms with van der Waals surface area (Å²) in [5, 5.41) is 3.42. The van der Waals surface area contributed by atoms with Crippen LogP contribution >= 0.6 is 0 Å². The second-order valence-corrected chi connectivity index (χ2v) is 6.10. The van der Waals surface area contributed by atoms with Crippen LogP contribution in [0.2, 0.25) is 0 Å². The van der Waals surface area contributed by atoms with Crippen LogP contribution in [0.4, 0.5) is 5.69 Å². The standard InChI is InChI=1S/C16H27N3O/c1-16(2,19-11-9-17-10-12-19)13-18(3)14-5-7-15(20-4)8-6-14/h5-8,17H,9-13H2,1-4H3. The van der Waals surface area contributed by atoms with Gasteiger partial charge in [-0.1, -0.05) is 0 Å². The molecular weight excluding hydrogens is 250 g/mol. The average Bonchev–Trinajstić information content (AvgIpc) is 2.48. The van der Waals surface area contributed by atoms with Crippen molar-refractivity contribution in [2.75, 3.05) is 51.8 Å². The van der Waals surface area contributed by atoms with E-state index >= 15 is 0 Å². The van der Waals surface area contributed by atoms with Gasteiger partial charge < -0.3 is 15.0 Å². The molecule has 4 nitrogen and oxygen atoms in total. The monoisotopic (exact) mass is 277 g/mol. The molecule has 1 N–H and O–H groups in total. The van der Waals surface area contributed by atoms with Gasteiger partial charge in [0.2, 0.25) is 0 Å². The van der Waals surface area contributed by atoms with Gasteiger partial charge in [-0.3, -0.25) is 4.90 Å². The van der Waals surface area contributed by atoms with Gasteiger partial charge in [-0.2, -0.15) is 0 Å². The number of likely N-dealkylation sites (N-methyl/N-ethyl adjacent to an activating group) is 1. The first-order valence-corrected chi connectivity index (χ1v) is 7.34. The summed E-state index contributed by atoms with van der Waals surface area (Å²) in [5.74, 6) is 0.906. The Labute approximate surface area is 122 Å². The molecule has 1 saturated heterocycles. The van der Waals surface area contributed by atoms with Crippen molar-refractivity contribution in [3.05, 3.63) is 24.3 Å². The fourth-order valence-corrected chi connectivity index (χ4v) is 2.88. The van der Waals surface area contributed by atoms with E-state index < -0.39 is 0 Å². The zero-order valence-electron chi connectivity index (χ0n) is 13.1. The van der Waals surface area contributed by atoms with Crippen molar-refractivity contribution < 1.29 is 4.74 Å². The quantitative estimate of drug-likeness (QED) is 0.888. The molecule has 1 aliphatic heterocycles. The molecule has 0 radical (unpaired) electrons. The Morgan fingerprint density at radius 3 is 2.35 bits per heavy atom. The van der Waals surface area contributed by atoms with Crippen molar-refractivity contribution in [3.8, 4) is 5.75 Å². The van der Waals surface area contributed by atoms with Crippen LogP contribution in [-0.4, -0.2) is 57.3 Å². The van der Waals surface area contributed by atoms with E-state index in [4.69, 9.17) is 4.74 Å². The van der Waals surface area contributed by atoms with E-state index in [1.54, 1.807) is 7.11 Å². The van der Waals surface area contributed by atoms with E-state index in [1.807, 2.05) is 12.1 Å². The summed E-state index contributed by atoms with van der Waals surface area (Å²) in [6.07, 6.45) is 0. The predicted octanol–water partition coefficient (Wildman–Crippen LogP) is 1.82. The molecule has 0 saturated carbocycles. The third kappa shape index (κ3) is 3.64. The van der Waals surface area contributed by atoms with Gasteiger partial charge in [0.25, 0.3) is 0 Å². The number of nitrogens with one attached hydrogen (secondary N) is 1. The minimum Gasteiger partial charge on any atom is -0.497 e. The average molecular weight is 277 g/mol. The molecule has 1 aliphatic rings. The van der Waals surface area contributed by atoms with Crippen molar-refractivity contribution in [2.24, 2.45) is 0 Å². The van der Waals surface area contributed by atoms with E-state index in [0.29, 0.717) is 0 Å². The molecule has 0 amide bonds. The molecule has 1 aromatic carbocycles. The number of benzene rings is 1. The van der Waals surface area contributed by atoms with Crippen LogP contribution in [0.25, 0.3) is 0 Å². The van der Waals surface area contributed by atoms with Crippen LogP contribution in [0.1, 0.15) is 13.8 Å². The maximum Gasteiger partial charge on any atom is 0.119 e. The van der Waals surface area contributed by atoms with Crippen LogP contribution < -0.4 is 15.0 Å². The molecule has 0 unspecified atom stereocenters. The molecule has 0 aromatic heterocycles. The van der Waals surface area contributed by atoms with Crippen LogP contribution in [0, 0.1) is 0 Å². The second-order valence-electron chi connectivity index (χ2n) is 6.10. The van der Waals surface area contributed by atoms with E-state index in [9.17, 15) is 0 Å². The zero-order valence-corrected chi connectivity index (χ0v) is 13.1. The molecule has 4 heteroatoms. The van der Waals surface area contributed by atoms with Crippen molar-refractivity contribution in [1.29, 1.82) is 0 Å². The Hall–Kier alpha value is -1.26. The largest absolute Gasteiger partial charge is 0.497 e. The Bertz CT molecular complexity index is 410. The second kappa shape index (κ2) is 6.46. The lowest BCUT2D eigenvalue weighted by molar-refractivity contribution is 0.109. The SMILES string of the molecule is COc1ccc(N(C)CC(C)(C)N2CCNCC2)cc1. The van der Waals surface area contributed by atoms with Gasteiger partial charge in [-0.15, -0.1) is 0 Å². The van der Waals surface area contributed by atoms with Gasteiger partial charge >= 0.3 is 0 Å². The summed E-state index contributed by atoms with van der Waals surface area (Å²) < 4.78 is 5.21. The van der Waals surface area contributed by atoms with E-state index in [-0.39, 0.29) is 5.54 Å². The summed E-state index contributed by atoms with van der Waals surface area (Å²) in [6, 6.07) is 8.27. The maximum atomic E-state index is 5.21. The lowest BCUT2D eigenvalue weighted by Gasteiger charge is -2.43. The molecular formula is C16H27N3O. The summed E-state index contributed by atoms with van der Waals surface area (Å²) >= 11 is 0. The molecule has 0 aliphatic carbocycles. The first kappa shape index (κ1) is 15.1. The molecule has 0 atom stereocenters. The van der Waals surface area contributed by atoms with Crippen molar-refractivity contribution in [3.63, 3.8) is 0 Å². The molecule has 0 bridgehead atoms. The van der Waals surface area contributed by atoms with Crippen molar-refractivity contribution in [1.82, 2.24) is 10.2 Å². The van der Waals surface area contributed by atoms with Crippen molar-refractivity contribution >= 4 is 5.69 Å². The topological polar surface area (TPSA) is 27.7 Å². The molecule has 112 valence electrons. The van der Waals surface area contributed by atoms with Crippen LogP contribution in [0.15, 0.2) is 24.3 Å². The summed E-state index contributed by atoms with van der Waals surface area (Å²) in [4.78, 5) is 4.89. The molecule has 0 spiro atoms. The fourth-order valence-electron chi connectivity index (χ4n) is 2.88. The van der Waals surface area contributed by atoms with Crippen molar-refractivity contribution in [2.45, 2.75) is 19.4 Å². The maximum absolute atomic E-state index is 5.21. The number of piperazine rings is 1. The normalized spacial score (nSPS) is 17.0. The number of hydrogen-bond donors (Lipinski definition) is 1. The molecule has 1 aromatic rings. The zero-order chi connectivity index (χ0) is 14.6. The number of nitrogens with zero attached hydrogens (tertiary/aromatic N) is 2. The Balaban J connectivity index is 1.99. The lowest BCUT2D eigenvalue weighted by atomic mass is 10.0. The highest BCUT2D eigenvalue weighted by molar-refractivity contribution is 5.48. The summed E-state index contributed by atoms with van der Waals surface area (Å²) in [5.41, 5.74) is 1.41. The van der Waals surface area contributed by atoms with Crippen LogP contribution in [0.5, 0.6) is 5.75 Å². The first-order chi connectivity index (χ1) is 9.53. The lowest BCUT2D eigenvalue weighted by Crippen LogP contribution is -2.57. The minimum absolute atomic E-state index is 0.177. The summed E-state index contributed by atoms with van der Waals surface area (Å²) in [6.45, 7) is 10.1. The van der Waals surface area contributed by atoms with Crippen LogP contribution in [-0.2, 0) is 0 Å². The Kier molecular flexibility index (Phi) is 4.89. The van der Waals surface area contributed by atoms with E-state index in [0.717, 1.165) is 38.5 Å². The Morgan fingerprint density at radius 2 is 1.80 bits per heavy atom. The molecule has 2 rings (SSSR count). The van der Waals surface area contributed by atoms with E-state index in [2.05, 4.69) is 48.1 Å². The Morgan fingerprint density at radius 1 is 1.20 bits per heavy atom. The number of hydrogen-bond acceptors (Lipinski definition) is 4. The molecule has 1 fully saturated rings. The molecule has 1 heterocycles. The smallest absolute Gasteiger partial charge is 0.119 e.